The molecule has 3 aromatic carbocycles. The molecule has 0 aliphatic carbocycles. The summed E-state index contributed by atoms with van der Waals surface area (Å²) in [5.41, 5.74) is 3.05. The van der Waals surface area contributed by atoms with Crippen LogP contribution >= 0.6 is 0 Å². The van der Waals surface area contributed by atoms with Gasteiger partial charge < -0.3 is 15.2 Å². The summed E-state index contributed by atoms with van der Waals surface area (Å²) in [4.78, 5) is 23.1. The number of aliphatic carboxylic acids is 1. The van der Waals surface area contributed by atoms with Crippen LogP contribution in [0.1, 0.15) is 22.6 Å². The Hall–Kier alpha value is -3.60. The van der Waals surface area contributed by atoms with Gasteiger partial charge in [-0.2, -0.15) is 0 Å². The number of carbonyl (C=O) groups is 2. The minimum absolute atomic E-state index is 0.0617. The second kappa shape index (κ2) is 10.1. The van der Waals surface area contributed by atoms with Crippen molar-refractivity contribution >= 4 is 11.9 Å². The molecule has 0 aromatic heterocycles. The first-order valence-corrected chi connectivity index (χ1v) is 9.42. The van der Waals surface area contributed by atoms with Crippen molar-refractivity contribution in [3.63, 3.8) is 0 Å². The second-order valence-electron chi connectivity index (χ2n) is 6.68. The van der Waals surface area contributed by atoms with Gasteiger partial charge in [-0.15, -0.1) is 0 Å². The maximum Gasteiger partial charge on any atom is 0.341 e. The monoisotopic (exact) mass is 389 g/mol. The molecule has 148 valence electrons. The van der Waals surface area contributed by atoms with E-state index in [0.29, 0.717) is 12.3 Å². The molecule has 0 atom stereocenters. The largest absolute Gasteiger partial charge is 0.482 e. The van der Waals surface area contributed by atoms with Gasteiger partial charge in [0.2, 0.25) is 5.91 Å². The zero-order chi connectivity index (χ0) is 20.5. The number of rotatable bonds is 9. The molecule has 5 nitrogen and oxygen atoms in total. The first kappa shape index (κ1) is 20.1. The van der Waals surface area contributed by atoms with Gasteiger partial charge in [0, 0.05) is 12.5 Å². The van der Waals surface area contributed by atoms with Crippen LogP contribution in [0.3, 0.4) is 0 Å². The first-order valence-electron chi connectivity index (χ1n) is 9.42. The van der Waals surface area contributed by atoms with Gasteiger partial charge in [0.1, 0.15) is 5.75 Å². The van der Waals surface area contributed by atoms with E-state index in [2.05, 4.69) is 29.6 Å². The summed E-state index contributed by atoms with van der Waals surface area (Å²) in [5, 5.41) is 11.7. The van der Waals surface area contributed by atoms with Crippen molar-refractivity contribution in [3.05, 3.63) is 102 Å². The summed E-state index contributed by atoms with van der Waals surface area (Å²) >= 11 is 0. The van der Waals surface area contributed by atoms with Gasteiger partial charge in [0.25, 0.3) is 0 Å². The van der Waals surface area contributed by atoms with Gasteiger partial charge in [0.15, 0.2) is 6.61 Å². The maximum atomic E-state index is 12.5. The van der Waals surface area contributed by atoms with Crippen molar-refractivity contribution in [1.82, 2.24) is 5.32 Å². The Morgan fingerprint density at radius 2 is 1.48 bits per heavy atom. The standard InChI is InChI=1S/C24H23NO4/c26-23(15-18-8-7-13-21(14-18)29-17-24(27)28)25-16-22(19-9-3-1-4-10-19)20-11-5-2-6-12-20/h1-14,22H,15-17H2,(H,25,26)(H,27,28). The topological polar surface area (TPSA) is 75.6 Å². The van der Waals surface area contributed by atoms with Crippen LogP contribution in [0.2, 0.25) is 0 Å². The summed E-state index contributed by atoms with van der Waals surface area (Å²) in [6.45, 7) is 0.0769. The predicted octanol–water partition coefficient (Wildman–Crippen LogP) is 3.64. The molecule has 0 aliphatic heterocycles. The minimum atomic E-state index is -1.04. The highest BCUT2D eigenvalue weighted by Gasteiger charge is 2.15. The molecule has 1 amide bonds. The van der Waals surface area contributed by atoms with E-state index in [4.69, 9.17) is 9.84 Å². The molecule has 2 N–H and O–H groups in total. The second-order valence-corrected chi connectivity index (χ2v) is 6.68. The highest BCUT2D eigenvalue weighted by Crippen LogP contribution is 2.23. The van der Waals surface area contributed by atoms with Crippen LogP contribution in [0, 0.1) is 0 Å². The van der Waals surface area contributed by atoms with Crippen LogP contribution < -0.4 is 10.1 Å². The summed E-state index contributed by atoms with van der Waals surface area (Å²) in [6.07, 6.45) is 0.195. The van der Waals surface area contributed by atoms with E-state index in [9.17, 15) is 9.59 Å². The zero-order valence-corrected chi connectivity index (χ0v) is 16.0. The molecule has 3 aromatic rings. The van der Waals surface area contributed by atoms with Crippen LogP contribution in [0.25, 0.3) is 0 Å². The van der Waals surface area contributed by atoms with Crippen LogP contribution in [0.4, 0.5) is 0 Å². The van der Waals surface area contributed by atoms with E-state index in [-0.39, 0.29) is 18.2 Å². The SMILES string of the molecule is O=C(O)COc1cccc(CC(=O)NCC(c2ccccc2)c2ccccc2)c1. The van der Waals surface area contributed by atoms with Crippen molar-refractivity contribution in [2.75, 3.05) is 13.2 Å². The summed E-state index contributed by atoms with van der Waals surface area (Å²) < 4.78 is 5.17. The molecular formula is C24H23NO4. The fraction of sp³-hybridized carbons (Fsp3) is 0.167. The molecule has 0 radical (unpaired) electrons. The molecule has 0 aliphatic rings. The van der Waals surface area contributed by atoms with Gasteiger partial charge in [0.05, 0.1) is 6.42 Å². The number of hydrogen-bond donors (Lipinski definition) is 2. The Labute approximate surface area is 170 Å². The quantitative estimate of drug-likeness (QED) is 0.586. The number of carboxylic acids is 1. The zero-order valence-electron chi connectivity index (χ0n) is 16.0. The van der Waals surface area contributed by atoms with Crippen LogP contribution in [0.5, 0.6) is 5.75 Å². The average molecular weight is 389 g/mol. The Morgan fingerprint density at radius 1 is 0.862 bits per heavy atom. The van der Waals surface area contributed by atoms with Gasteiger partial charge >= 0.3 is 5.97 Å². The molecule has 0 saturated heterocycles. The molecule has 3 rings (SSSR count). The number of hydrogen-bond acceptors (Lipinski definition) is 3. The van der Waals surface area contributed by atoms with Gasteiger partial charge in [-0.3, -0.25) is 4.79 Å². The molecule has 0 spiro atoms. The van der Waals surface area contributed by atoms with E-state index in [1.54, 1.807) is 18.2 Å². The van der Waals surface area contributed by atoms with E-state index in [1.807, 2.05) is 42.5 Å². The molecule has 0 saturated carbocycles. The fourth-order valence-electron chi connectivity index (χ4n) is 3.15. The number of nitrogens with one attached hydrogen (secondary N) is 1. The van der Waals surface area contributed by atoms with E-state index in [1.165, 1.54) is 0 Å². The third-order valence-electron chi connectivity index (χ3n) is 4.53. The number of carboxylic acid groups (broad SMARTS) is 1. The Kier molecular flexibility index (Phi) is 7.00. The molecule has 0 fully saturated rings. The number of amides is 1. The van der Waals surface area contributed by atoms with Crippen LogP contribution in [-0.4, -0.2) is 30.1 Å². The maximum absolute atomic E-state index is 12.5. The molecule has 5 heteroatoms. The van der Waals surface area contributed by atoms with E-state index in [0.717, 1.165) is 16.7 Å². The molecule has 0 heterocycles. The molecule has 0 unspecified atom stereocenters. The smallest absolute Gasteiger partial charge is 0.341 e. The third-order valence-corrected chi connectivity index (χ3v) is 4.53. The lowest BCUT2D eigenvalue weighted by molar-refractivity contribution is -0.139. The molecule has 0 bridgehead atoms. The predicted molar refractivity (Wildman–Crippen MR) is 111 cm³/mol. The highest BCUT2D eigenvalue weighted by molar-refractivity contribution is 5.78. The van der Waals surface area contributed by atoms with Crippen molar-refractivity contribution in [2.24, 2.45) is 0 Å². The normalized spacial score (nSPS) is 10.5. The van der Waals surface area contributed by atoms with Crippen molar-refractivity contribution in [3.8, 4) is 5.75 Å². The first-order chi connectivity index (χ1) is 14.1. The van der Waals surface area contributed by atoms with Crippen molar-refractivity contribution in [2.45, 2.75) is 12.3 Å². The highest BCUT2D eigenvalue weighted by atomic mass is 16.5. The Balaban J connectivity index is 1.63. The van der Waals surface area contributed by atoms with Crippen LogP contribution in [0.15, 0.2) is 84.9 Å². The van der Waals surface area contributed by atoms with Crippen molar-refractivity contribution in [1.29, 1.82) is 0 Å². The lowest BCUT2D eigenvalue weighted by Gasteiger charge is -2.19. The Bertz CT molecular complexity index is 902. The number of benzene rings is 3. The Morgan fingerprint density at radius 3 is 2.07 bits per heavy atom. The van der Waals surface area contributed by atoms with E-state index >= 15 is 0 Å². The number of carbonyl (C=O) groups excluding carboxylic acids is 1. The van der Waals surface area contributed by atoms with Gasteiger partial charge in [-0.25, -0.2) is 4.79 Å². The van der Waals surface area contributed by atoms with Gasteiger partial charge in [-0.1, -0.05) is 72.8 Å². The lowest BCUT2D eigenvalue weighted by atomic mass is 9.91. The summed E-state index contributed by atoms with van der Waals surface area (Å²) in [6, 6.07) is 27.1. The van der Waals surface area contributed by atoms with Crippen molar-refractivity contribution < 1.29 is 19.4 Å². The molecule has 29 heavy (non-hydrogen) atoms. The van der Waals surface area contributed by atoms with Gasteiger partial charge in [-0.05, 0) is 28.8 Å². The minimum Gasteiger partial charge on any atom is -0.482 e. The fourth-order valence-corrected chi connectivity index (χ4v) is 3.15. The molecular weight excluding hydrogens is 366 g/mol. The number of ether oxygens (including phenoxy) is 1. The summed E-state index contributed by atoms with van der Waals surface area (Å²) in [5.74, 6) is -0.644. The lowest BCUT2D eigenvalue weighted by Crippen LogP contribution is -2.30. The van der Waals surface area contributed by atoms with E-state index < -0.39 is 12.6 Å². The third kappa shape index (κ3) is 6.21. The summed E-state index contributed by atoms with van der Waals surface area (Å²) in [7, 11) is 0. The van der Waals surface area contributed by atoms with Crippen LogP contribution in [-0.2, 0) is 16.0 Å². The average Bonchev–Trinajstić information content (AvgIpc) is 2.74.